The number of aliphatic hydroxyl groups excluding tert-OH is 3. The van der Waals surface area contributed by atoms with Crippen LogP contribution in [0.2, 0.25) is 0 Å². The minimum Gasteiger partial charge on any atom is -0.460 e. The van der Waals surface area contributed by atoms with E-state index in [2.05, 4.69) is 0 Å². The van der Waals surface area contributed by atoms with Gasteiger partial charge in [0.1, 0.15) is 41.7 Å². The van der Waals surface area contributed by atoms with E-state index >= 15 is 0 Å². The second-order valence-electron chi connectivity index (χ2n) is 21.8. The van der Waals surface area contributed by atoms with Crippen molar-refractivity contribution in [3.63, 3.8) is 0 Å². The Bertz CT molecular complexity index is 2010. The third-order valence-corrected chi connectivity index (χ3v) is 15.9. The summed E-state index contributed by atoms with van der Waals surface area (Å²) in [5.41, 5.74) is -0.277. The number of allylic oxidation sites excluding steroid dienone is 6. The van der Waals surface area contributed by atoms with Crippen molar-refractivity contribution < 1.29 is 77.6 Å². The van der Waals surface area contributed by atoms with E-state index in [0.29, 0.717) is 69.8 Å². The molecule has 2 saturated heterocycles. The molecule has 15 atom stereocenters. The van der Waals surface area contributed by atoms with Crippen molar-refractivity contribution in [3.8, 4) is 0 Å². The molecule has 17 heteroatoms. The van der Waals surface area contributed by atoms with Crippen molar-refractivity contribution in [2.45, 2.75) is 187 Å². The summed E-state index contributed by atoms with van der Waals surface area (Å²) in [7, 11) is 4.43. The van der Waals surface area contributed by atoms with Crippen LogP contribution >= 0.6 is 0 Å². The quantitative estimate of drug-likeness (QED) is 0.116. The zero-order valence-corrected chi connectivity index (χ0v) is 45.3. The fraction of sp³-hybridized carbons (Fsp3) is 0.750. The second-order valence-corrected chi connectivity index (χ2v) is 21.8. The first kappa shape index (κ1) is 61.6. The summed E-state index contributed by atoms with van der Waals surface area (Å²) in [5.74, 6) is -9.36. The maximum atomic E-state index is 14.5. The van der Waals surface area contributed by atoms with Gasteiger partial charge >= 0.3 is 11.9 Å². The Morgan fingerprint density at radius 1 is 0.863 bits per heavy atom. The maximum Gasteiger partial charge on any atom is 0.329 e. The topological polar surface area (TPSA) is 242 Å². The Kier molecular flexibility index (Phi) is 23.9. The summed E-state index contributed by atoms with van der Waals surface area (Å²) in [6, 6.07) is -1.20. The number of fused-ring (bicyclic) bond motifs is 3. The molecule has 0 radical (unpaired) electrons. The van der Waals surface area contributed by atoms with Crippen LogP contribution in [0.1, 0.15) is 132 Å². The van der Waals surface area contributed by atoms with Crippen molar-refractivity contribution in [3.05, 3.63) is 47.6 Å². The van der Waals surface area contributed by atoms with Gasteiger partial charge in [-0.15, -0.1) is 0 Å². The standard InChI is InChI=1S/C56H87NO16/c1-33-17-13-12-14-18-34(2)45(68-9)29-41-22-20-39(7)56(67,73-41)51(63)52(64)57-24-16-15-19-42(57)53(65)71-46(30-43(60)35(3)26-38(6)49(62)50(70-11)48(61)37(5)25-33)36(4)27-40-21-23-44(47(28-40)69-10)72-54(66)55(8,31-58)32-59/h12-14,17-18,26,33,35-37,39-42,44-47,49-50,58-59,62,67H,15-16,19-25,27-32H2,1-11H3/b14-12+,17-13+,34-18?,38-26?/t33-,35-,36-,37-,39-,40+,41+,42+,44-,45+,46+,47-,49-,50+,56-/m1/s1. The average Bonchev–Trinajstić information content (AvgIpc) is 3.37. The number of carbonyl (C=O) groups is 6. The van der Waals surface area contributed by atoms with Crippen molar-refractivity contribution in [1.82, 2.24) is 4.90 Å². The molecule has 1 amide bonds. The molecule has 0 unspecified atom stereocenters. The number of hydrogen-bond donors (Lipinski definition) is 4. The highest BCUT2D eigenvalue weighted by Gasteiger charge is 2.53. The number of aliphatic hydroxyl groups is 4. The molecule has 0 aromatic carbocycles. The summed E-state index contributed by atoms with van der Waals surface area (Å²) in [5, 5.41) is 43.1. The zero-order valence-electron chi connectivity index (χ0n) is 45.3. The molecule has 17 nitrogen and oxygen atoms in total. The van der Waals surface area contributed by atoms with Gasteiger partial charge < -0.3 is 53.7 Å². The van der Waals surface area contributed by atoms with Crippen LogP contribution in [0, 0.1) is 40.9 Å². The van der Waals surface area contributed by atoms with Gasteiger partial charge in [-0.1, -0.05) is 71.1 Å². The third-order valence-electron chi connectivity index (χ3n) is 15.9. The van der Waals surface area contributed by atoms with Gasteiger partial charge in [0, 0.05) is 58.5 Å². The normalized spacial score (nSPS) is 36.0. The molecule has 1 saturated carbocycles. The molecule has 3 fully saturated rings. The van der Waals surface area contributed by atoms with E-state index in [1.165, 1.54) is 21.1 Å². The van der Waals surface area contributed by atoms with E-state index in [1.807, 2.05) is 51.2 Å². The van der Waals surface area contributed by atoms with Crippen molar-refractivity contribution in [1.29, 1.82) is 0 Å². The summed E-state index contributed by atoms with van der Waals surface area (Å²) in [6.07, 6.45) is 9.76. The predicted molar refractivity (Wildman–Crippen MR) is 271 cm³/mol. The smallest absolute Gasteiger partial charge is 0.329 e. The molecular weight excluding hydrogens is 943 g/mol. The van der Waals surface area contributed by atoms with E-state index in [1.54, 1.807) is 40.9 Å². The SMILES string of the molecule is CO[C@H]1C[C@@H]2CC[C@@H](C)[C@@](O)(O2)C(=O)C(=O)N2CCCC[C@H]2C(=O)O[C@H]([C@H](C)C[C@@H]2CC[C@@H](OC(=O)C(C)(CO)CO)[C@H](OC)C2)CC(=O)[C@H](C)C=C(C)[C@@H](O)[C@@H](OC)C(=O)[C@H](C)C[C@H](C)/C=C/C=C/C=C1C. The van der Waals surface area contributed by atoms with Gasteiger partial charge in [-0.25, -0.2) is 4.79 Å². The highest BCUT2D eigenvalue weighted by molar-refractivity contribution is 6.39. The van der Waals surface area contributed by atoms with Crippen LogP contribution in [0.5, 0.6) is 0 Å². The number of cyclic esters (lactones) is 1. The third kappa shape index (κ3) is 16.0. The van der Waals surface area contributed by atoms with Crippen LogP contribution in [-0.4, -0.2) is 156 Å². The molecular formula is C56H87NO16. The summed E-state index contributed by atoms with van der Waals surface area (Å²) >= 11 is 0. The predicted octanol–water partition coefficient (Wildman–Crippen LogP) is 5.72. The van der Waals surface area contributed by atoms with Gasteiger partial charge in [0.2, 0.25) is 5.79 Å². The highest BCUT2D eigenvalue weighted by Crippen LogP contribution is 2.38. The van der Waals surface area contributed by atoms with Gasteiger partial charge in [-0.3, -0.25) is 24.0 Å². The van der Waals surface area contributed by atoms with E-state index in [-0.39, 0.29) is 42.8 Å². The first-order chi connectivity index (χ1) is 34.5. The molecule has 3 heterocycles. The minimum absolute atomic E-state index is 0.00697. The Morgan fingerprint density at radius 3 is 2.21 bits per heavy atom. The Balaban J connectivity index is 1.69. The monoisotopic (exact) mass is 1030 g/mol. The molecule has 3 aliphatic heterocycles. The first-order valence-electron chi connectivity index (χ1n) is 26.4. The number of nitrogens with zero attached hydrogens (tertiary/aromatic N) is 1. The van der Waals surface area contributed by atoms with E-state index in [4.69, 9.17) is 28.4 Å². The molecule has 0 aromatic heterocycles. The lowest BCUT2D eigenvalue weighted by Gasteiger charge is -2.42. The average molecular weight is 1030 g/mol. The number of amides is 1. The first-order valence-corrected chi connectivity index (χ1v) is 26.4. The van der Waals surface area contributed by atoms with Crippen LogP contribution < -0.4 is 0 Å². The van der Waals surface area contributed by atoms with Gasteiger partial charge in [0.05, 0.1) is 31.5 Å². The molecule has 2 bridgehead atoms. The lowest BCUT2D eigenvalue weighted by atomic mass is 9.78. The number of ketones is 3. The Morgan fingerprint density at radius 2 is 1.56 bits per heavy atom. The molecule has 4 rings (SSSR count). The van der Waals surface area contributed by atoms with Crippen LogP contribution in [0.3, 0.4) is 0 Å². The highest BCUT2D eigenvalue weighted by atomic mass is 16.6. The van der Waals surface area contributed by atoms with Gasteiger partial charge in [-0.2, -0.15) is 0 Å². The van der Waals surface area contributed by atoms with E-state index in [0.717, 1.165) is 10.5 Å². The van der Waals surface area contributed by atoms with Crippen LogP contribution in [0.4, 0.5) is 0 Å². The molecule has 1 aliphatic carbocycles. The van der Waals surface area contributed by atoms with Crippen LogP contribution in [-0.2, 0) is 57.2 Å². The maximum absolute atomic E-state index is 14.5. The summed E-state index contributed by atoms with van der Waals surface area (Å²) in [6.45, 7) is 12.7. The number of ether oxygens (including phenoxy) is 6. The van der Waals surface area contributed by atoms with Crippen LogP contribution in [0.25, 0.3) is 0 Å². The molecule has 4 N–H and O–H groups in total. The number of carbonyl (C=O) groups excluding carboxylic acids is 6. The Hall–Kier alpha value is -3.94. The fourth-order valence-corrected chi connectivity index (χ4v) is 10.7. The lowest BCUT2D eigenvalue weighted by molar-refractivity contribution is -0.265. The summed E-state index contributed by atoms with van der Waals surface area (Å²) in [4.78, 5) is 85.4. The van der Waals surface area contributed by atoms with Crippen molar-refractivity contribution >= 4 is 35.2 Å². The summed E-state index contributed by atoms with van der Waals surface area (Å²) < 4.78 is 35.4. The molecule has 0 spiro atoms. The number of hydrogen-bond acceptors (Lipinski definition) is 16. The van der Waals surface area contributed by atoms with Gasteiger partial charge in [-0.05, 0) is 114 Å². The fourth-order valence-electron chi connectivity index (χ4n) is 10.7. The van der Waals surface area contributed by atoms with Gasteiger partial charge in [0.25, 0.3) is 11.7 Å². The zero-order chi connectivity index (χ0) is 54.4. The molecule has 73 heavy (non-hydrogen) atoms. The number of rotatable bonds is 10. The number of Topliss-reactive ketones (excluding diaryl/α,β-unsaturated/α-hetero) is 3. The van der Waals surface area contributed by atoms with Gasteiger partial charge in [0.15, 0.2) is 5.78 Å². The number of esters is 2. The largest absolute Gasteiger partial charge is 0.460 e. The Labute approximate surface area is 433 Å². The molecule has 4 aliphatic rings. The lowest BCUT2D eigenvalue weighted by Crippen LogP contribution is -2.61. The van der Waals surface area contributed by atoms with Crippen molar-refractivity contribution in [2.75, 3.05) is 41.1 Å². The number of piperidine rings is 1. The van der Waals surface area contributed by atoms with E-state index in [9.17, 15) is 49.2 Å². The van der Waals surface area contributed by atoms with E-state index < -0.39 is 120 Å². The molecule has 412 valence electrons. The minimum atomic E-state index is -2.47. The second kappa shape index (κ2) is 28.3. The van der Waals surface area contributed by atoms with Crippen LogP contribution in [0.15, 0.2) is 47.6 Å². The van der Waals surface area contributed by atoms with Crippen molar-refractivity contribution in [2.24, 2.45) is 40.9 Å². The molecule has 0 aromatic rings. The number of methoxy groups -OCH3 is 3.